The summed E-state index contributed by atoms with van der Waals surface area (Å²) in [5, 5.41) is 12.0. The van der Waals surface area contributed by atoms with Crippen LogP contribution in [0, 0.1) is 12.7 Å². The number of hydrogen-bond donors (Lipinski definition) is 2. The van der Waals surface area contributed by atoms with E-state index in [4.69, 9.17) is 9.47 Å². The highest BCUT2D eigenvalue weighted by atomic mass is 32.2. The Labute approximate surface area is 208 Å². The topological polar surface area (TPSA) is 115 Å². The number of rotatable bonds is 7. The second-order valence-electron chi connectivity index (χ2n) is 9.45. The number of ether oxygens (including phenoxy) is 2. The number of aromatic nitrogens is 1. The number of pyridine rings is 1. The molecule has 2 aliphatic rings. The second kappa shape index (κ2) is 8.86. The monoisotopic (exact) mass is 512 g/mol. The molecule has 0 saturated heterocycles. The molecular weight excluding hydrogens is 487 g/mol. The number of aliphatic hydroxyl groups is 1. The van der Waals surface area contributed by atoms with Crippen LogP contribution >= 0.6 is 0 Å². The van der Waals surface area contributed by atoms with E-state index in [0.717, 1.165) is 11.6 Å². The summed E-state index contributed by atoms with van der Waals surface area (Å²) < 4.78 is 51.6. The Morgan fingerprint density at radius 1 is 1.25 bits per heavy atom. The summed E-state index contributed by atoms with van der Waals surface area (Å²) in [4.78, 5) is 16.8. The van der Waals surface area contributed by atoms with Crippen molar-refractivity contribution in [1.82, 2.24) is 4.98 Å². The van der Waals surface area contributed by atoms with Gasteiger partial charge < -0.3 is 19.9 Å². The molecule has 0 radical (unpaired) electrons. The van der Waals surface area contributed by atoms with E-state index < -0.39 is 32.4 Å². The summed E-state index contributed by atoms with van der Waals surface area (Å²) in [5.41, 5.74) is 0.844. The number of anilines is 1. The van der Waals surface area contributed by atoms with Crippen LogP contribution in [0.2, 0.25) is 0 Å². The molecule has 188 valence electrons. The van der Waals surface area contributed by atoms with Crippen LogP contribution in [0.25, 0.3) is 0 Å². The third kappa shape index (κ3) is 4.66. The molecule has 1 saturated carbocycles. The van der Waals surface area contributed by atoms with Crippen molar-refractivity contribution in [1.29, 1.82) is 0 Å². The zero-order chi connectivity index (χ0) is 25.7. The van der Waals surface area contributed by atoms with E-state index in [-0.39, 0.29) is 28.6 Å². The number of amides is 1. The van der Waals surface area contributed by atoms with Gasteiger partial charge in [-0.15, -0.1) is 0 Å². The maximum absolute atomic E-state index is 14.8. The molecule has 1 amide bonds. The van der Waals surface area contributed by atoms with Crippen LogP contribution in [-0.2, 0) is 16.3 Å². The van der Waals surface area contributed by atoms with E-state index in [0.29, 0.717) is 36.4 Å². The highest BCUT2D eigenvalue weighted by Gasteiger charge is 2.39. The van der Waals surface area contributed by atoms with E-state index >= 15 is 0 Å². The van der Waals surface area contributed by atoms with E-state index in [9.17, 15) is 22.7 Å². The van der Waals surface area contributed by atoms with Gasteiger partial charge in [-0.1, -0.05) is 6.07 Å². The lowest BCUT2D eigenvalue weighted by Crippen LogP contribution is -2.34. The van der Waals surface area contributed by atoms with Crippen molar-refractivity contribution in [3.05, 3.63) is 71.2 Å². The van der Waals surface area contributed by atoms with Crippen molar-refractivity contribution in [3.63, 3.8) is 0 Å². The molecule has 3 aromatic rings. The molecule has 5 rings (SSSR count). The fraction of sp³-hybridized carbons (Fsp3) is 0.308. The van der Waals surface area contributed by atoms with E-state index in [1.54, 1.807) is 25.3 Å². The maximum atomic E-state index is 14.8. The fourth-order valence-corrected chi connectivity index (χ4v) is 5.77. The van der Waals surface area contributed by atoms with E-state index in [1.165, 1.54) is 18.2 Å². The Morgan fingerprint density at radius 3 is 2.67 bits per heavy atom. The number of benzene rings is 2. The predicted octanol–water partition coefficient (Wildman–Crippen LogP) is 4.20. The molecule has 0 bridgehead atoms. The predicted molar refractivity (Wildman–Crippen MR) is 130 cm³/mol. The molecule has 1 aliphatic heterocycles. The second-order valence-corrected chi connectivity index (χ2v) is 11.6. The fourth-order valence-electron chi connectivity index (χ4n) is 4.06. The first-order chi connectivity index (χ1) is 17.1. The van der Waals surface area contributed by atoms with Crippen LogP contribution in [0.4, 0.5) is 10.2 Å². The molecule has 8 nitrogen and oxygen atoms in total. The summed E-state index contributed by atoms with van der Waals surface area (Å²) in [5.74, 6) is -0.323. The molecular formula is C26H25FN2O6S. The van der Waals surface area contributed by atoms with Gasteiger partial charge >= 0.3 is 0 Å². The number of hydrogen-bond acceptors (Lipinski definition) is 7. The highest BCUT2D eigenvalue weighted by Crippen LogP contribution is 2.43. The van der Waals surface area contributed by atoms with E-state index in [2.05, 4.69) is 10.3 Å². The SMILES string of the molecule is Cc1ccc(NC(=O)c2cc(Oc3ccc(S(=O)(=O)C4CC4)c(F)c3)c3c(c2)OC(C)(CO)C3)nc1. The van der Waals surface area contributed by atoms with Crippen molar-refractivity contribution >= 4 is 21.6 Å². The van der Waals surface area contributed by atoms with Crippen molar-refractivity contribution in [2.75, 3.05) is 11.9 Å². The average Bonchev–Trinajstić information content (AvgIpc) is 3.63. The van der Waals surface area contributed by atoms with Gasteiger partial charge in [-0.2, -0.15) is 0 Å². The molecule has 0 spiro atoms. The highest BCUT2D eigenvalue weighted by molar-refractivity contribution is 7.92. The number of aliphatic hydroxyl groups excluding tert-OH is 1. The Morgan fingerprint density at radius 2 is 2.03 bits per heavy atom. The lowest BCUT2D eigenvalue weighted by atomic mass is 9.98. The lowest BCUT2D eigenvalue weighted by Gasteiger charge is -2.20. The maximum Gasteiger partial charge on any atom is 0.257 e. The van der Waals surface area contributed by atoms with Crippen molar-refractivity contribution < 1.29 is 32.2 Å². The van der Waals surface area contributed by atoms with E-state index in [1.807, 2.05) is 13.0 Å². The Bertz CT molecular complexity index is 1450. The standard InChI is InChI=1S/C26H25FN2O6S/c1-15-3-8-24(28-13-15)29-25(31)16-9-21(19-12-26(2,14-30)35-22(19)10-16)34-17-4-7-23(20(27)11-17)36(32,33)18-5-6-18/h3-4,7-11,13,18,30H,5-6,12,14H2,1-2H3,(H,28,29,31). The number of carbonyl (C=O) groups excluding carboxylic acids is 1. The summed E-state index contributed by atoms with van der Waals surface area (Å²) in [6.45, 7) is 3.34. The first kappa shape index (κ1) is 24.2. The molecule has 1 atom stereocenters. The average molecular weight is 513 g/mol. The third-order valence-corrected chi connectivity index (χ3v) is 8.52. The van der Waals surface area contributed by atoms with Crippen LogP contribution in [0.5, 0.6) is 17.2 Å². The molecule has 2 aromatic carbocycles. The van der Waals surface area contributed by atoms with Crippen molar-refractivity contribution in [2.45, 2.75) is 48.9 Å². The molecule has 1 aromatic heterocycles. The number of fused-ring (bicyclic) bond motifs is 1. The van der Waals surface area contributed by atoms with Gasteiger partial charge in [-0.05, 0) is 62.6 Å². The lowest BCUT2D eigenvalue weighted by molar-refractivity contribution is 0.0445. The minimum absolute atomic E-state index is 0.0693. The summed E-state index contributed by atoms with van der Waals surface area (Å²) >= 11 is 0. The third-order valence-electron chi connectivity index (χ3n) is 6.23. The van der Waals surface area contributed by atoms with Crippen molar-refractivity contribution in [3.8, 4) is 17.2 Å². The Kier molecular flexibility index (Phi) is 5.96. The van der Waals surface area contributed by atoms with Crippen LogP contribution in [0.1, 0.15) is 41.3 Å². The molecule has 2 heterocycles. The molecule has 36 heavy (non-hydrogen) atoms. The van der Waals surface area contributed by atoms with Gasteiger partial charge in [0.15, 0.2) is 9.84 Å². The minimum Gasteiger partial charge on any atom is -0.484 e. The van der Waals surface area contributed by atoms with Gasteiger partial charge in [-0.25, -0.2) is 17.8 Å². The van der Waals surface area contributed by atoms with Gasteiger partial charge in [0.05, 0.1) is 11.9 Å². The van der Waals surface area contributed by atoms with Gasteiger partial charge in [0, 0.05) is 29.8 Å². The number of nitrogens with one attached hydrogen (secondary N) is 1. The Balaban J connectivity index is 1.47. The quantitative estimate of drug-likeness (QED) is 0.488. The van der Waals surface area contributed by atoms with Gasteiger partial charge in [0.1, 0.15) is 39.4 Å². The summed E-state index contributed by atoms with van der Waals surface area (Å²) in [6, 6.07) is 10.2. The summed E-state index contributed by atoms with van der Waals surface area (Å²) in [7, 11) is -3.70. The number of carbonyl (C=O) groups is 1. The molecule has 1 fully saturated rings. The summed E-state index contributed by atoms with van der Waals surface area (Å²) in [6.07, 6.45) is 2.99. The number of halogens is 1. The van der Waals surface area contributed by atoms with Gasteiger partial charge in [0.2, 0.25) is 0 Å². The van der Waals surface area contributed by atoms with Gasteiger partial charge in [0.25, 0.3) is 5.91 Å². The smallest absolute Gasteiger partial charge is 0.257 e. The molecule has 1 aliphatic carbocycles. The number of sulfone groups is 1. The zero-order valence-corrected chi connectivity index (χ0v) is 20.6. The zero-order valence-electron chi connectivity index (χ0n) is 19.7. The first-order valence-corrected chi connectivity index (χ1v) is 13.0. The van der Waals surface area contributed by atoms with Crippen LogP contribution < -0.4 is 14.8 Å². The van der Waals surface area contributed by atoms with Crippen LogP contribution in [0.3, 0.4) is 0 Å². The minimum atomic E-state index is -3.70. The Hall–Kier alpha value is -3.50. The molecule has 10 heteroatoms. The van der Waals surface area contributed by atoms with Crippen LogP contribution in [0.15, 0.2) is 53.6 Å². The normalized spacial score (nSPS) is 18.9. The van der Waals surface area contributed by atoms with Crippen LogP contribution in [-0.4, -0.2) is 41.9 Å². The first-order valence-electron chi connectivity index (χ1n) is 11.5. The van der Waals surface area contributed by atoms with Gasteiger partial charge in [-0.3, -0.25) is 4.79 Å². The molecule has 1 unspecified atom stereocenters. The molecule has 2 N–H and O–H groups in total. The van der Waals surface area contributed by atoms with Crippen molar-refractivity contribution in [2.24, 2.45) is 0 Å². The number of aryl methyl sites for hydroxylation is 1. The number of nitrogens with zero attached hydrogens (tertiary/aromatic N) is 1. The largest absolute Gasteiger partial charge is 0.484 e.